The summed E-state index contributed by atoms with van der Waals surface area (Å²) in [5, 5.41) is 1.36. The topological polar surface area (TPSA) is 19.0 Å². The first kappa shape index (κ1) is 17.2. The predicted molar refractivity (Wildman–Crippen MR) is 129 cm³/mol. The number of para-hydroxylation sites is 1. The first-order valence-electron chi connectivity index (χ1n) is 11.4. The van der Waals surface area contributed by atoms with Crippen molar-refractivity contribution in [2.75, 3.05) is 4.90 Å². The molecule has 2 heteroatoms. The van der Waals surface area contributed by atoms with Crippen LogP contribution >= 0.6 is 0 Å². The number of allylic oxidation sites excluding steroid dienone is 2. The Bertz CT molecular complexity index is 1400. The van der Waals surface area contributed by atoms with Crippen LogP contribution in [0.4, 0.5) is 5.69 Å². The van der Waals surface area contributed by atoms with Crippen LogP contribution in [0.25, 0.3) is 28.1 Å². The SMILES string of the molecule is C1=C(C2=Cc3ccccc3C3c4c[nH]c5cccc(c45)-c4ccccc4N23)CCCC1. The van der Waals surface area contributed by atoms with Crippen LogP contribution < -0.4 is 4.90 Å². The van der Waals surface area contributed by atoms with Crippen molar-refractivity contribution in [2.24, 2.45) is 0 Å². The fourth-order valence-corrected chi connectivity index (χ4v) is 5.84. The summed E-state index contributed by atoms with van der Waals surface area (Å²) < 4.78 is 0. The third kappa shape index (κ3) is 2.39. The van der Waals surface area contributed by atoms with Gasteiger partial charge in [-0.2, -0.15) is 0 Å². The Morgan fingerprint density at radius 3 is 2.61 bits per heavy atom. The third-order valence-corrected chi connectivity index (χ3v) is 7.21. The smallest absolute Gasteiger partial charge is 0.0871 e. The molecule has 0 radical (unpaired) electrons. The highest BCUT2D eigenvalue weighted by atomic mass is 15.2. The maximum Gasteiger partial charge on any atom is 0.0871 e. The van der Waals surface area contributed by atoms with E-state index in [4.69, 9.17) is 0 Å². The van der Waals surface area contributed by atoms with E-state index in [1.165, 1.54) is 74.9 Å². The quantitative estimate of drug-likeness (QED) is 0.348. The van der Waals surface area contributed by atoms with Gasteiger partial charge in [-0.3, -0.25) is 0 Å². The average Bonchev–Trinajstić information content (AvgIpc) is 3.22. The predicted octanol–water partition coefficient (Wildman–Crippen LogP) is 7.60. The maximum absolute atomic E-state index is 3.58. The van der Waals surface area contributed by atoms with Crippen molar-refractivity contribution in [3.8, 4) is 11.1 Å². The summed E-state index contributed by atoms with van der Waals surface area (Å²) in [5.41, 5.74) is 12.1. The normalized spacial score (nSPS) is 19.1. The molecule has 0 saturated carbocycles. The summed E-state index contributed by atoms with van der Waals surface area (Å²) in [4.78, 5) is 6.20. The van der Waals surface area contributed by atoms with Crippen molar-refractivity contribution >= 4 is 22.7 Å². The van der Waals surface area contributed by atoms with Gasteiger partial charge in [0.25, 0.3) is 0 Å². The van der Waals surface area contributed by atoms with E-state index in [9.17, 15) is 0 Å². The summed E-state index contributed by atoms with van der Waals surface area (Å²) in [7, 11) is 0. The maximum atomic E-state index is 3.58. The zero-order valence-corrected chi connectivity index (χ0v) is 17.4. The molecule has 0 spiro atoms. The van der Waals surface area contributed by atoms with Gasteiger partial charge in [0.15, 0.2) is 0 Å². The van der Waals surface area contributed by atoms with Crippen LogP contribution in [0.15, 0.2) is 90.3 Å². The number of aromatic nitrogens is 1. The molecule has 0 bridgehead atoms. The lowest BCUT2D eigenvalue weighted by atomic mass is 9.85. The fourth-order valence-electron chi connectivity index (χ4n) is 5.84. The van der Waals surface area contributed by atoms with Crippen LogP contribution in [0.5, 0.6) is 0 Å². The molecule has 1 atom stereocenters. The van der Waals surface area contributed by atoms with Gasteiger partial charge in [-0.25, -0.2) is 0 Å². The Hall–Kier alpha value is -3.52. The first-order chi connectivity index (χ1) is 15.4. The summed E-state index contributed by atoms with van der Waals surface area (Å²) in [5.74, 6) is 0. The van der Waals surface area contributed by atoms with Crippen molar-refractivity contribution in [1.82, 2.24) is 4.98 Å². The number of anilines is 1. The number of aromatic amines is 1. The van der Waals surface area contributed by atoms with Crippen LogP contribution in [0.3, 0.4) is 0 Å². The molecule has 0 fully saturated rings. The standard InChI is InChI=1S/C29H24N2/c1-2-9-19(10-3-1)27-17-20-11-4-5-12-21(20)29-24-18-30-25-15-8-14-23(28(24)25)22-13-6-7-16-26(22)31(27)29/h4-9,11-18,29-30H,1-3,10H2. The van der Waals surface area contributed by atoms with Crippen molar-refractivity contribution < 1.29 is 0 Å². The number of fused-ring (bicyclic) bond motifs is 7. The van der Waals surface area contributed by atoms with Gasteiger partial charge >= 0.3 is 0 Å². The van der Waals surface area contributed by atoms with Crippen LogP contribution in [0, 0.1) is 0 Å². The molecule has 0 saturated heterocycles. The second kappa shape index (κ2) is 6.49. The molecule has 2 aliphatic heterocycles. The minimum absolute atomic E-state index is 0.164. The van der Waals surface area contributed by atoms with Crippen molar-refractivity contribution in [2.45, 2.75) is 31.7 Å². The lowest BCUT2D eigenvalue weighted by Crippen LogP contribution is -2.32. The Morgan fingerprint density at radius 2 is 1.68 bits per heavy atom. The number of hydrogen-bond donors (Lipinski definition) is 1. The monoisotopic (exact) mass is 400 g/mol. The lowest BCUT2D eigenvalue weighted by Gasteiger charge is -2.41. The number of nitrogens with zero attached hydrogens (tertiary/aromatic N) is 1. The number of nitrogens with one attached hydrogen (secondary N) is 1. The highest BCUT2D eigenvalue weighted by Crippen LogP contribution is 2.52. The second-order valence-corrected chi connectivity index (χ2v) is 8.90. The largest absolute Gasteiger partial charge is 0.361 e. The van der Waals surface area contributed by atoms with Crippen molar-refractivity contribution in [3.63, 3.8) is 0 Å². The van der Waals surface area contributed by atoms with Crippen LogP contribution in [0.2, 0.25) is 0 Å². The summed E-state index contributed by atoms with van der Waals surface area (Å²) in [6, 6.07) is 24.7. The summed E-state index contributed by atoms with van der Waals surface area (Å²) in [6.45, 7) is 0. The lowest BCUT2D eigenvalue weighted by molar-refractivity contribution is 0.688. The average molecular weight is 401 g/mol. The van der Waals surface area contributed by atoms with Gasteiger partial charge in [0.1, 0.15) is 0 Å². The van der Waals surface area contributed by atoms with Crippen molar-refractivity contribution in [3.05, 3.63) is 107 Å². The molecule has 1 unspecified atom stereocenters. The van der Waals surface area contributed by atoms with E-state index in [0.29, 0.717) is 0 Å². The molecule has 3 heterocycles. The number of rotatable bonds is 1. The van der Waals surface area contributed by atoms with Gasteiger partial charge in [-0.05, 0) is 66.2 Å². The van der Waals surface area contributed by atoms with Gasteiger partial charge in [-0.15, -0.1) is 0 Å². The van der Waals surface area contributed by atoms with Gasteiger partial charge < -0.3 is 9.88 Å². The molecule has 3 aliphatic rings. The highest BCUT2D eigenvalue weighted by Gasteiger charge is 2.37. The van der Waals surface area contributed by atoms with Crippen molar-refractivity contribution in [1.29, 1.82) is 0 Å². The zero-order valence-electron chi connectivity index (χ0n) is 17.4. The summed E-state index contributed by atoms with van der Waals surface area (Å²) >= 11 is 0. The van der Waals surface area contributed by atoms with E-state index in [-0.39, 0.29) is 6.04 Å². The third-order valence-electron chi connectivity index (χ3n) is 7.21. The minimum Gasteiger partial charge on any atom is -0.361 e. The molecule has 31 heavy (non-hydrogen) atoms. The zero-order chi connectivity index (χ0) is 20.4. The van der Waals surface area contributed by atoms with Gasteiger partial charge in [0.2, 0.25) is 0 Å². The molecule has 1 aromatic heterocycles. The van der Waals surface area contributed by atoms with E-state index < -0.39 is 0 Å². The number of hydrogen-bond acceptors (Lipinski definition) is 1. The van der Waals surface area contributed by atoms with Gasteiger partial charge in [-0.1, -0.05) is 60.7 Å². The molecule has 7 rings (SSSR count). The number of benzene rings is 3. The van der Waals surface area contributed by atoms with E-state index in [1.807, 2.05) is 0 Å². The molecule has 3 aromatic carbocycles. The Labute approximate surface area is 182 Å². The molecular formula is C29H24N2. The summed E-state index contributed by atoms with van der Waals surface area (Å²) in [6.07, 6.45) is 12.1. The van der Waals surface area contributed by atoms with E-state index >= 15 is 0 Å². The molecule has 4 aromatic rings. The van der Waals surface area contributed by atoms with Crippen LogP contribution in [-0.2, 0) is 0 Å². The number of H-pyrrole nitrogens is 1. The molecular weight excluding hydrogens is 376 g/mol. The Balaban J connectivity index is 1.62. The van der Waals surface area contributed by atoms with Crippen LogP contribution in [-0.4, -0.2) is 4.98 Å². The minimum atomic E-state index is 0.164. The highest BCUT2D eigenvalue weighted by molar-refractivity contribution is 6.04. The van der Waals surface area contributed by atoms with Crippen LogP contribution in [0.1, 0.15) is 48.4 Å². The molecule has 0 amide bonds. The molecule has 1 aliphatic carbocycles. The van der Waals surface area contributed by atoms with Gasteiger partial charge in [0.05, 0.1) is 6.04 Å². The van der Waals surface area contributed by atoms with E-state index in [1.54, 1.807) is 0 Å². The molecule has 2 nitrogen and oxygen atoms in total. The molecule has 1 N–H and O–H groups in total. The Morgan fingerprint density at radius 1 is 0.806 bits per heavy atom. The Kier molecular flexibility index (Phi) is 3.60. The first-order valence-corrected chi connectivity index (χ1v) is 11.4. The second-order valence-electron chi connectivity index (χ2n) is 8.90. The fraction of sp³-hybridized carbons (Fsp3) is 0.172. The molecule has 150 valence electrons. The van der Waals surface area contributed by atoms with E-state index in [2.05, 4.69) is 95.0 Å². The van der Waals surface area contributed by atoms with E-state index in [0.717, 1.165) is 6.42 Å². The van der Waals surface area contributed by atoms with Gasteiger partial charge in [0, 0.05) is 39.6 Å².